The Hall–Kier alpha value is -2.99. The van der Waals surface area contributed by atoms with Crippen molar-refractivity contribution < 1.29 is 9.90 Å². The molecule has 0 saturated carbocycles. The maximum absolute atomic E-state index is 10.8. The number of anilines is 2. The molecule has 1 atom stereocenters. The van der Waals surface area contributed by atoms with Crippen LogP contribution in [0.4, 0.5) is 11.5 Å². The molecular formula is C17H16N4O2. The number of hydrogen-bond acceptors (Lipinski definition) is 5. The number of carboxylic acid groups (broad SMARTS) is 1. The molecule has 0 aliphatic heterocycles. The third-order valence-corrected chi connectivity index (χ3v) is 3.55. The summed E-state index contributed by atoms with van der Waals surface area (Å²) in [7, 11) is 0. The molecule has 6 heteroatoms. The number of nitrogens with two attached hydrogens (primary N) is 1. The van der Waals surface area contributed by atoms with E-state index < -0.39 is 12.0 Å². The van der Waals surface area contributed by atoms with Crippen molar-refractivity contribution in [3.63, 3.8) is 0 Å². The molecule has 1 unspecified atom stereocenters. The van der Waals surface area contributed by atoms with Crippen molar-refractivity contribution in [1.29, 1.82) is 0 Å². The number of nitrogens with one attached hydrogen (secondary N) is 1. The Kier molecular flexibility index (Phi) is 4.16. The number of hydrogen-bond donors (Lipinski definition) is 3. The number of rotatable bonds is 5. The predicted molar refractivity (Wildman–Crippen MR) is 88.6 cm³/mol. The van der Waals surface area contributed by atoms with Gasteiger partial charge in [0.25, 0.3) is 0 Å². The summed E-state index contributed by atoms with van der Waals surface area (Å²) < 4.78 is 0. The van der Waals surface area contributed by atoms with Crippen LogP contribution < -0.4 is 11.1 Å². The van der Waals surface area contributed by atoms with Crippen LogP contribution in [-0.4, -0.2) is 27.1 Å². The maximum atomic E-state index is 10.8. The second kappa shape index (κ2) is 6.41. The largest absolute Gasteiger partial charge is 0.480 e. The van der Waals surface area contributed by atoms with E-state index in [1.807, 2.05) is 36.4 Å². The van der Waals surface area contributed by atoms with Gasteiger partial charge in [-0.3, -0.25) is 9.78 Å². The molecule has 0 aliphatic rings. The Morgan fingerprint density at radius 1 is 1.17 bits per heavy atom. The van der Waals surface area contributed by atoms with Crippen LogP contribution in [0.2, 0.25) is 0 Å². The molecule has 0 radical (unpaired) electrons. The highest BCUT2D eigenvalue weighted by Crippen LogP contribution is 2.23. The first kappa shape index (κ1) is 14.9. The van der Waals surface area contributed by atoms with Gasteiger partial charge in [-0.05, 0) is 36.2 Å². The molecule has 1 aromatic carbocycles. The van der Waals surface area contributed by atoms with Crippen molar-refractivity contribution in [2.75, 3.05) is 5.32 Å². The Labute approximate surface area is 133 Å². The maximum Gasteiger partial charge on any atom is 0.320 e. The molecule has 0 amide bonds. The lowest BCUT2D eigenvalue weighted by molar-refractivity contribution is -0.138. The minimum atomic E-state index is -0.999. The van der Waals surface area contributed by atoms with Crippen molar-refractivity contribution in [2.45, 2.75) is 12.5 Å². The van der Waals surface area contributed by atoms with E-state index in [1.54, 1.807) is 18.6 Å². The summed E-state index contributed by atoms with van der Waals surface area (Å²) in [6, 6.07) is 10.4. The fraction of sp³-hybridized carbons (Fsp3) is 0.118. The van der Waals surface area contributed by atoms with Crippen LogP contribution in [0.15, 0.2) is 55.0 Å². The van der Waals surface area contributed by atoms with Crippen LogP contribution in [0.1, 0.15) is 5.56 Å². The standard InChI is InChI=1S/C17H16N4O2/c18-15(17(22)23)9-11-1-3-13(4-2-11)21-16-14-6-7-19-10-12(14)5-8-20-16/h1-8,10,15H,9,18H2,(H,20,21)(H,22,23). The Morgan fingerprint density at radius 3 is 2.70 bits per heavy atom. The zero-order chi connectivity index (χ0) is 16.2. The lowest BCUT2D eigenvalue weighted by atomic mass is 10.1. The summed E-state index contributed by atoms with van der Waals surface area (Å²) in [6.07, 6.45) is 5.55. The number of benzene rings is 1. The van der Waals surface area contributed by atoms with Crippen LogP contribution in [0, 0.1) is 0 Å². The van der Waals surface area contributed by atoms with E-state index >= 15 is 0 Å². The summed E-state index contributed by atoms with van der Waals surface area (Å²) in [4.78, 5) is 19.2. The Bertz CT molecular complexity index is 828. The first-order valence-corrected chi connectivity index (χ1v) is 7.16. The van der Waals surface area contributed by atoms with Crippen molar-refractivity contribution in [1.82, 2.24) is 9.97 Å². The van der Waals surface area contributed by atoms with E-state index in [1.165, 1.54) is 0 Å². The molecule has 0 saturated heterocycles. The van der Waals surface area contributed by atoms with Crippen molar-refractivity contribution in [3.05, 3.63) is 60.6 Å². The van der Waals surface area contributed by atoms with Crippen LogP contribution in [0.3, 0.4) is 0 Å². The number of nitrogens with zero attached hydrogens (tertiary/aromatic N) is 2. The number of pyridine rings is 2. The topological polar surface area (TPSA) is 101 Å². The minimum absolute atomic E-state index is 0.299. The molecule has 0 aliphatic carbocycles. The van der Waals surface area contributed by atoms with Crippen LogP contribution in [-0.2, 0) is 11.2 Å². The van der Waals surface area contributed by atoms with E-state index in [-0.39, 0.29) is 0 Å². The highest BCUT2D eigenvalue weighted by molar-refractivity contribution is 5.92. The zero-order valence-corrected chi connectivity index (χ0v) is 12.3. The Morgan fingerprint density at radius 2 is 1.96 bits per heavy atom. The van der Waals surface area contributed by atoms with Gasteiger partial charge in [-0.25, -0.2) is 4.98 Å². The SMILES string of the molecule is NC(Cc1ccc(Nc2nccc3cnccc23)cc1)C(=O)O. The molecule has 2 aromatic heterocycles. The quantitative estimate of drug-likeness (QED) is 0.668. The van der Waals surface area contributed by atoms with Crippen molar-refractivity contribution in [2.24, 2.45) is 5.73 Å². The predicted octanol–water partition coefficient (Wildman–Crippen LogP) is 2.33. The third kappa shape index (κ3) is 3.44. The smallest absolute Gasteiger partial charge is 0.320 e. The van der Waals surface area contributed by atoms with E-state index in [0.29, 0.717) is 6.42 Å². The number of carbonyl (C=O) groups is 1. The molecule has 6 nitrogen and oxygen atoms in total. The monoisotopic (exact) mass is 308 g/mol. The minimum Gasteiger partial charge on any atom is -0.480 e. The number of aliphatic carboxylic acids is 1. The third-order valence-electron chi connectivity index (χ3n) is 3.55. The summed E-state index contributed by atoms with van der Waals surface area (Å²) in [5.74, 6) is -0.249. The van der Waals surface area contributed by atoms with Crippen LogP contribution in [0.5, 0.6) is 0 Å². The van der Waals surface area contributed by atoms with Gasteiger partial charge in [0.2, 0.25) is 0 Å². The second-order valence-electron chi connectivity index (χ2n) is 5.23. The van der Waals surface area contributed by atoms with Crippen LogP contribution >= 0.6 is 0 Å². The highest BCUT2D eigenvalue weighted by Gasteiger charge is 2.11. The van der Waals surface area contributed by atoms with Crippen molar-refractivity contribution >= 4 is 28.2 Å². The van der Waals surface area contributed by atoms with Crippen molar-refractivity contribution in [3.8, 4) is 0 Å². The van der Waals surface area contributed by atoms with Gasteiger partial charge >= 0.3 is 5.97 Å². The molecular weight excluding hydrogens is 292 g/mol. The second-order valence-corrected chi connectivity index (χ2v) is 5.23. The lowest BCUT2D eigenvalue weighted by Crippen LogP contribution is -2.32. The molecule has 4 N–H and O–H groups in total. The molecule has 3 aromatic rings. The highest BCUT2D eigenvalue weighted by atomic mass is 16.4. The molecule has 0 spiro atoms. The van der Waals surface area contributed by atoms with Gasteiger partial charge in [0, 0.05) is 35.1 Å². The average molecular weight is 308 g/mol. The fourth-order valence-corrected chi connectivity index (χ4v) is 2.32. The molecule has 0 fully saturated rings. The lowest BCUT2D eigenvalue weighted by Gasteiger charge is -2.10. The molecule has 0 bridgehead atoms. The molecule has 2 heterocycles. The molecule has 3 rings (SSSR count). The first-order valence-electron chi connectivity index (χ1n) is 7.16. The first-order chi connectivity index (χ1) is 11.1. The fourth-order valence-electron chi connectivity index (χ4n) is 2.32. The summed E-state index contributed by atoms with van der Waals surface area (Å²) in [5, 5.41) is 14.1. The van der Waals surface area contributed by atoms with E-state index in [2.05, 4.69) is 15.3 Å². The summed E-state index contributed by atoms with van der Waals surface area (Å²) in [6.45, 7) is 0. The van der Waals surface area contributed by atoms with Gasteiger partial charge in [-0.15, -0.1) is 0 Å². The zero-order valence-electron chi connectivity index (χ0n) is 12.3. The average Bonchev–Trinajstić information content (AvgIpc) is 2.57. The number of fused-ring (bicyclic) bond motifs is 1. The van der Waals surface area contributed by atoms with E-state index in [4.69, 9.17) is 10.8 Å². The summed E-state index contributed by atoms with van der Waals surface area (Å²) >= 11 is 0. The van der Waals surface area contributed by atoms with E-state index in [9.17, 15) is 4.79 Å². The van der Waals surface area contributed by atoms with Gasteiger partial charge in [0.1, 0.15) is 11.9 Å². The van der Waals surface area contributed by atoms with Gasteiger partial charge in [-0.1, -0.05) is 12.1 Å². The van der Waals surface area contributed by atoms with Gasteiger partial charge < -0.3 is 16.2 Å². The summed E-state index contributed by atoms with van der Waals surface area (Å²) in [5.41, 5.74) is 7.29. The Balaban J connectivity index is 1.79. The molecule has 116 valence electrons. The normalized spacial score (nSPS) is 12.0. The van der Waals surface area contributed by atoms with Gasteiger partial charge in [-0.2, -0.15) is 0 Å². The number of carboxylic acids is 1. The van der Waals surface area contributed by atoms with Gasteiger partial charge in [0.15, 0.2) is 0 Å². The van der Waals surface area contributed by atoms with Gasteiger partial charge in [0.05, 0.1) is 0 Å². The molecule has 23 heavy (non-hydrogen) atoms. The number of aromatic nitrogens is 2. The van der Waals surface area contributed by atoms with E-state index in [0.717, 1.165) is 27.8 Å². The van der Waals surface area contributed by atoms with Crippen LogP contribution in [0.25, 0.3) is 10.8 Å².